The van der Waals surface area contributed by atoms with Gasteiger partial charge in [-0.15, -0.1) is 0 Å². The molecule has 5 heteroatoms. The largest absolute Gasteiger partial charge is 0.374 e. The minimum absolute atomic E-state index is 0.698. The van der Waals surface area contributed by atoms with Gasteiger partial charge in [0.25, 0.3) is 0 Å². The van der Waals surface area contributed by atoms with Gasteiger partial charge in [0.2, 0.25) is 0 Å². The molecule has 1 unspecified atom stereocenters. The highest BCUT2D eigenvalue weighted by Crippen LogP contribution is 2.24. The Morgan fingerprint density at radius 1 is 1.65 bits per heavy atom. The van der Waals surface area contributed by atoms with Gasteiger partial charge < -0.3 is 10.2 Å². The smallest absolute Gasteiger partial charge is 0.127 e. The van der Waals surface area contributed by atoms with Gasteiger partial charge in [0.05, 0.1) is 5.69 Å². The third kappa shape index (κ3) is 2.76. The van der Waals surface area contributed by atoms with Gasteiger partial charge in [-0.1, -0.05) is 6.92 Å². The van der Waals surface area contributed by atoms with Gasteiger partial charge in [-0.3, -0.25) is 0 Å². The van der Waals surface area contributed by atoms with E-state index in [0.29, 0.717) is 11.5 Å². The zero-order valence-electron chi connectivity index (χ0n) is 10.4. The summed E-state index contributed by atoms with van der Waals surface area (Å²) < 4.78 is 4.21. The Kier molecular flexibility index (Phi) is 3.97. The molecule has 1 aromatic rings. The van der Waals surface area contributed by atoms with E-state index in [0.717, 1.165) is 23.8 Å². The molecule has 2 rings (SSSR count). The van der Waals surface area contributed by atoms with Crippen LogP contribution >= 0.6 is 11.5 Å². The Morgan fingerprint density at radius 2 is 2.47 bits per heavy atom. The van der Waals surface area contributed by atoms with Crippen LogP contribution in [-0.2, 0) is 0 Å². The number of hydrogen-bond donors (Lipinski definition) is 1. The maximum Gasteiger partial charge on any atom is 0.127 e. The van der Waals surface area contributed by atoms with Crippen molar-refractivity contribution in [1.29, 1.82) is 5.26 Å². The Hall–Kier alpha value is -1.12. The molecule has 1 aliphatic heterocycles. The van der Waals surface area contributed by atoms with Gasteiger partial charge >= 0.3 is 0 Å². The molecule has 0 saturated carbocycles. The van der Waals surface area contributed by atoms with Crippen LogP contribution in [0, 0.1) is 24.2 Å². The maximum absolute atomic E-state index is 9.03. The number of nitriles is 1. The van der Waals surface area contributed by atoms with E-state index in [1.807, 2.05) is 6.92 Å². The average molecular weight is 250 g/mol. The topological polar surface area (TPSA) is 52.0 Å². The molecule has 1 aromatic heterocycles. The Labute approximate surface area is 106 Å². The van der Waals surface area contributed by atoms with Crippen LogP contribution in [0.4, 0.5) is 5.00 Å². The molecule has 1 fully saturated rings. The summed E-state index contributed by atoms with van der Waals surface area (Å²) in [6.45, 7) is 8.55. The van der Waals surface area contributed by atoms with Gasteiger partial charge in [-0.2, -0.15) is 9.64 Å². The number of anilines is 1. The van der Waals surface area contributed by atoms with Gasteiger partial charge in [0, 0.05) is 13.1 Å². The van der Waals surface area contributed by atoms with Crippen molar-refractivity contribution in [3.05, 3.63) is 11.3 Å². The normalized spacial score (nSPS) is 20.4. The van der Waals surface area contributed by atoms with Crippen LogP contribution in [0.25, 0.3) is 0 Å². The van der Waals surface area contributed by atoms with Crippen LogP contribution in [0.5, 0.6) is 0 Å². The van der Waals surface area contributed by atoms with Crippen molar-refractivity contribution < 1.29 is 0 Å². The van der Waals surface area contributed by atoms with Crippen molar-refractivity contribution in [3.8, 4) is 6.07 Å². The molecule has 1 saturated heterocycles. The standard InChI is InChI=1S/C12H18N4S/c1-3-16-5-4-10(8-16)7-14-12-11(6-13)9(2)15-17-12/h10,14H,3-5,7-8H2,1-2H3. The zero-order valence-corrected chi connectivity index (χ0v) is 11.2. The van der Waals surface area contributed by atoms with Crippen molar-refractivity contribution >= 4 is 16.5 Å². The molecular formula is C12H18N4S. The second-order valence-electron chi connectivity index (χ2n) is 4.51. The number of aryl methyl sites for hydroxylation is 1. The lowest BCUT2D eigenvalue weighted by Crippen LogP contribution is -2.22. The van der Waals surface area contributed by atoms with Crippen molar-refractivity contribution in [3.63, 3.8) is 0 Å². The molecule has 92 valence electrons. The summed E-state index contributed by atoms with van der Waals surface area (Å²) in [4.78, 5) is 2.47. The highest BCUT2D eigenvalue weighted by molar-refractivity contribution is 7.10. The third-order valence-corrected chi connectivity index (χ3v) is 4.24. The molecule has 0 spiro atoms. The molecule has 0 amide bonds. The summed E-state index contributed by atoms with van der Waals surface area (Å²) in [7, 11) is 0. The van der Waals surface area contributed by atoms with Gasteiger partial charge in [-0.25, -0.2) is 0 Å². The molecule has 0 bridgehead atoms. The van der Waals surface area contributed by atoms with E-state index in [2.05, 4.69) is 27.6 Å². The van der Waals surface area contributed by atoms with Crippen molar-refractivity contribution in [2.24, 2.45) is 5.92 Å². The molecule has 2 heterocycles. The molecule has 0 aromatic carbocycles. The van der Waals surface area contributed by atoms with Crippen LogP contribution in [0.1, 0.15) is 24.6 Å². The van der Waals surface area contributed by atoms with E-state index < -0.39 is 0 Å². The summed E-state index contributed by atoms with van der Waals surface area (Å²) in [5.41, 5.74) is 1.54. The molecular weight excluding hydrogens is 232 g/mol. The number of rotatable bonds is 4. The zero-order chi connectivity index (χ0) is 12.3. The van der Waals surface area contributed by atoms with Gasteiger partial charge in [0.1, 0.15) is 16.6 Å². The molecule has 17 heavy (non-hydrogen) atoms. The summed E-state index contributed by atoms with van der Waals surface area (Å²) >= 11 is 1.39. The number of hydrogen-bond acceptors (Lipinski definition) is 5. The fourth-order valence-electron chi connectivity index (χ4n) is 2.23. The van der Waals surface area contributed by atoms with E-state index in [1.165, 1.54) is 31.0 Å². The highest BCUT2D eigenvalue weighted by Gasteiger charge is 2.21. The maximum atomic E-state index is 9.03. The lowest BCUT2D eigenvalue weighted by molar-refractivity contribution is 0.345. The van der Waals surface area contributed by atoms with Crippen molar-refractivity contribution in [2.75, 3.05) is 31.5 Å². The summed E-state index contributed by atoms with van der Waals surface area (Å²) in [5, 5.41) is 13.3. The first-order valence-electron chi connectivity index (χ1n) is 6.07. The lowest BCUT2D eigenvalue weighted by atomic mass is 10.1. The fraction of sp³-hybridized carbons (Fsp3) is 0.667. The lowest BCUT2D eigenvalue weighted by Gasteiger charge is -2.13. The third-order valence-electron chi connectivity index (χ3n) is 3.34. The Balaban J connectivity index is 1.88. The summed E-state index contributed by atoms with van der Waals surface area (Å²) in [6.07, 6.45) is 1.25. The van der Waals surface area contributed by atoms with E-state index in [4.69, 9.17) is 5.26 Å². The molecule has 4 nitrogen and oxygen atoms in total. The number of nitrogens with zero attached hydrogens (tertiary/aromatic N) is 3. The van der Waals surface area contributed by atoms with Gasteiger partial charge in [-0.05, 0) is 43.9 Å². The van der Waals surface area contributed by atoms with E-state index in [9.17, 15) is 0 Å². The Bertz CT molecular complexity index is 421. The van der Waals surface area contributed by atoms with Crippen LogP contribution in [0.15, 0.2) is 0 Å². The first kappa shape index (κ1) is 12.3. The van der Waals surface area contributed by atoms with E-state index in [1.54, 1.807) is 0 Å². The number of likely N-dealkylation sites (tertiary alicyclic amines) is 1. The van der Waals surface area contributed by atoms with Crippen LogP contribution in [0.3, 0.4) is 0 Å². The number of aromatic nitrogens is 1. The van der Waals surface area contributed by atoms with E-state index >= 15 is 0 Å². The Morgan fingerprint density at radius 3 is 3.12 bits per heavy atom. The van der Waals surface area contributed by atoms with Crippen LogP contribution in [0.2, 0.25) is 0 Å². The predicted molar refractivity (Wildman–Crippen MR) is 70.3 cm³/mol. The van der Waals surface area contributed by atoms with E-state index in [-0.39, 0.29) is 0 Å². The molecule has 0 radical (unpaired) electrons. The second-order valence-corrected chi connectivity index (χ2v) is 5.29. The number of nitrogens with one attached hydrogen (secondary N) is 1. The first-order valence-corrected chi connectivity index (χ1v) is 6.84. The first-order chi connectivity index (χ1) is 8.24. The SMILES string of the molecule is CCN1CCC(CNc2snc(C)c2C#N)C1. The summed E-state index contributed by atoms with van der Waals surface area (Å²) in [5.74, 6) is 0.698. The monoisotopic (exact) mass is 250 g/mol. The van der Waals surface area contributed by atoms with Crippen LogP contribution in [-0.4, -0.2) is 35.5 Å². The highest BCUT2D eigenvalue weighted by atomic mass is 32.1. The second kappa shape index (κ2) is 5.48. The van der Waals surface area contributed by atoms with Crippen LogP contribution < -0.4 is 5.32 Å². The molecule has 1 N–H and O–H groups in total. The summed E-state index contributed by atoms with van der Waals surface area (Å²) in [6, 6.07) is 2.21. The minimum atomic E-state index is 0.698. The average Bonchev–Trinajstić information content (AvgIpc) is 2.92. The molecule has 1 aliphatic rings. The molecule has 1 atom stereocenters. The quantitative estimate of drug-likeness (QED) is 0.889. The van der Waals surface area contributed by atoms with Gasteiger partial charge in [0.15, 0.2) is 0 Å². The molecule has 0 aliphatic carbocycles. The van der Waals surface area contributed by atoms with Crippen molar-refractivity contribution in [2.45, 2.75) is 20.3 Å². The minimum Gasteiger partial charge on any atom is -0.374 e. The predicted octanol–water partition coefficient (Wildman–Crippen LogP) is 2.08. The van der Waals surface area contributed by atoms with Crippen molar-refractivity contribution in [1.82, 2.24) is 9.27 Å². The fourth-order valence-corrected chi connectivity index (χ4v) is 2.98.